The first-order chi connectivity index (χ1) is 47.8. The topological polar surface area (TPSA) is 8.82 Å². The first-order valence-corrected chi connectivity index (χ1v) is 35.6. The van der Waals surface area contributed by atoms with Crippen LogP contribution >= 0.6 is 0 Å². The van der Waals surface area contributed by atoms with Crippen LogP contribution in [0.3, 0.4) is 0 Å². The summed E-state index contributed by atoms with van der Waals surface area (Å²) < 4.78 is 5.16. The summed E-state index contributed by atoms with van der Waals surface area (Å²) >= 11 is 0. The molecule has 4 aromatic heterocycles. The van der Waals surface area contributed by atoms with Crippen molar-refractivity contribution in [2.24, 2.45) is 0 Å². The zero-order valence-corrected chi connectivity index (χ0v) is 57.0. The highest BCUT2D eigenvalue weighted by Crippen LogP contribution is 2.49. The maximum Gasteiger partial charge on any atom is 0.0620 e. The Hall–Kier alpha value is -11.1. The first kappa shape index (κ1) is 58.3. The van der Waals surface area contributed by atoms with E-state index in [-0.39, 0.29) is 0 Å². The lowest BCUT2D eigenvalue weighted by Gasteiger charge is -2.19. The Labute approximate surface area is 572 Å². The minimum Gasteiger partial charge on any atom is -0.308 e. The van der Waals surface area contributed by atoms with Crippen molar-refractivity contribution in [1.82, 2.24) is 8.80 Å². The Kier molecular flexibility index (Phi) is 13.2. The van der Waals surface area contributed by atoms with Crippen LogP contribution in [0.25, 0.3) is 175 Å². The molecule has 0 aliphatic carbocycles. The molecule has 2 unspecified atom stereocenters. The lowest BCUT2D eigenvalue weighted by molar-refractivity contribution is 0.594. The van der Waals surface area contributed by atoms with Gasteiger partial charge in [0.25, 0.3) is 0 Å². The average Bonchev–Trinajstić information content (AvgIpc) is 1.54. The Bertz CT molecular complexity index is 6380. The lowest BCUT2D eigenvalue weighted by atomic mass is 9.85. The second kappa shape index (κ2) is 22.2. The molecular weight excluding hydrogens is 1180 g/mol. The van der Waals surface area contributed by atoms with E-state index in [0.29, 0.717) is 29.6 Å². The largest absolute Gasteiger partial charge is 0.308 e. The van der Waals surface area contributed by atoms with Crippen LogP contribution in [-0.2, 0) is 0 Å². The Morgan fingerprint density at radius 3 is 0.918 bits per heavy atom. The first-order valence-electron chi connectivity index (χ1n) is 35.6. The number of hydrogen-bond donors (Lipinski definition) is 0. The fraction of sp³-hybridized carbons (Fsp3) is 0.146. The van der Waals surface area contributed by atoms with Gasteiger partial charge >= 0.3 is 0 Å². The molecule has 0 amide bonds. The number of rotatable bonds is 12. The molecule has 470 valence electrons. The van der Waals surface area contributed by atoms with Crippen molar-refractivity contribution in [2.45, 2.75) is 91.4 Å². The third-order valence-electron chi connectivity index (χ3n) is 22.5. The van der Waals surface area contributed by atoms with Crippen LogP contribution in [0.4, 0.5) is 0 Å². The maximum atomic E-state index is 2.59. The molecule has 0 aliphatic heterocycles. The molecule has 19 aromatic rings. The zero-order chi connectivity index (χ0) is 65.9. The highest BCUT2D eigenvalue weighted by molar-refractivity contribution is 6.29. The fourth-order valence-electron chi connectivity index (χ4n) is 17.1. The van der Waals surface area contributed by atoms with Crippen molar-refractivity contribution in [3.8, 4) is 55.6 Å². The van der Waals surface area contributed by atoms with E-state index in [1.54, 1.807) is 0 Å². The van der Waals surface area contributed by atoms with E-state index in [9.17, 15) is 0 Å². The normalized spacial score (nSPS) is 13.1. The molecule has 19 rings (SSSR count). The SMILES string of the molecule is CC(C)c1ccc2cc3c(cc2c1)c1cc(-c2cc(-c4ccccc4)cc(-c4ccccc4)c2)cc2c4cc5cc(C(C)CC(C)c6ccc7cc8c(cc7c6)c6cc(-c7cc(-c9ccccc9)ccc7C(C)C)cc7c9cc%10cc(C(C)C)ccc%10cc9n8c76)ccc5cc4n3c12. The van der Waals surface area contributed by atoms with Crippen molar-refractivity contribution >= 4 is 119 Å². The molecule has 0 spiro atoms. The monoisotopic (exact) mass is 1260 g/mol. The summed E-state index contributed by atoms with van der Waals surface area (Å²) in [7, 11) is 0. The van der Waals surface area contributed by atoms with Crippen LogP contribution in [0.15, 0.2) is 273 Å². The molecule has 2 atom stereocenters. The summed E-state index contributed by atoms with van der Waals surface area (Å²) in [6, 6.07) is 105. The van der Waals surface area contributed by atoms with Crippen LogP contribution in [0.5, 0.6) is 0 Å². The Balaban J connectivity index is 0.717. The highest BCUT2D eigenvalue weighted by atomic mass is 14.9. The minimum atomic E-state index is 0.325. The van der Waals surface area contributed by atoms with Gasteiger partial charge in [0.1, 0.15) is 0 Å². The minimum absolute atomic E-state index is 0.325. The molecule has 0 N–H and O–H groups in total. The van der Waals surface area contributed by atoms with E-state index in [1.165, 1.54) is 203 Å². The molecule has 0 saturated carbocycles. The van der Waals surface area contributed by atoms with Crippen LogP contribution in [0, 0.1) is 0 Å². The van der Waals surface area contributed by atoms with Gasteiger partial charge in [-0.25, -0.2) is 0 Å². The summed E-state index contributed by atoms with van der Waals surface area (Å²) in [5, 5.41) is 20.7. The van der Waals surface area contributed by atoms with Gasteiger partial charge in [-0.3, -0.25) is 0 Å². The van der Waals surface area contributed by atoms with E-state index >= 15 is 0 Å². The predicted molar refractivity (Wildman–Crippen MR) is 423 cm³/mol. The van der Waals surface area contributed by atoms with Crippen molar-refractivity contribution < 1.29 is 0 Å². The molecule has 2 nitrogen and oxygen atoms in total. The van der Waals surface area contributed by atoms with Crippen LogP contribution in [-0.4, -0.2) is 8.80 Å². The third kappa shape index (κ3) is 9.28. The average molecular weight is 1260 g/mol. The quantitative estimate of drug-likeness (QED) is 0.115. The number of fused-ring (bicyclic) bond motifs is 16. The molecular formula is C96H76N2. The van der Waals surface area contributed by atoms with Gasteiger partial charge in [-0.1, -0.05) is 231 Å². The predicted octanol–water partition coefficient (Wildman–Crippen LogP) is 27.6. The van der Waals surface area contributed by atoms with Crippen LogP contribution in [0.1, 0.15) is 119 Å². The number of hydrogen-bond acceptors (Lipinski definition) is 0. The summed E-state index contributed by atoms with van der Waals surface area (Å²) in [6.07, 6.45) is 1.03. The summed E-state index contributed by atoms with van der Waals surface area (Å²) in [6.45, 7) is 18.7. The molecule has 2 heteroatoms. The van der Waals surface area contributed by atoms with Crippen molar-refractivity contribution in [2.75, 3.05) is 0 Å². The molecule has 0 radical (unpaired) electrons. The van der Waals surface area contributed by atoms with Gasteiger partial charge in [-0.2, -0.15) is 0 Å². The zero-order valence-electron chi connectivity index (χ0n) is 57.0. The standard InChI is InChI=1S/C96H76N2/c1-55(2)63-24-28-68-51-91-83(43-75(68)35-63)87-47-79(74-40-72(61-20-14-10-15-21-61)39-73(41-74)62-22-16-11-17-23-62)48-88-84-45-77-37-65(26-30-70(77)53-92(84)97(91)95(87)88)58(7)34-59(8)66-27-31-71-54-94-86(46-78(71)38-66)90-50-80(82-42-67(32-33-81(82)57(5)6)60-18-12-9-13-19-60)49-89-85-44-76-36-64(56(3)4)25-29-69(76)52-93(85)98(94)96(89)90/h9-33,35-59H,34H2,1-8H3. The van der Waals surface area contributed by atoms with Crippen molar-refractivity contribution in [3.63, 3.8) is 0 Å². The lowest BCUT2D eigenvalue weighted by Crippen LogP contribution is -2.01. The maximum absolute atomic E-state index is 2.59. The number of nitrogens with zero attached hydrogens (tertiary/aromatic N) is 2. The van der Waals surface area contributed by atoms with Gasteiger partial charge < -0.3 is 8.80 Å². The Morgan fingerprint density at radius 2 is 0.551 bits per heavy atom. The summed E-state index contributed by atoms with van der Waals surface area (Å²) in [4.78, 5) is 0. The van der Waals surface area contributed by atoms with Gasteiger partial charge in [-0.15, -0.1) is 0 Å². The van der Waals surface area contributed by atoms with Gasteiger partial charge in [0.05, 0.1) is 33.1 Å². The van der Waals surface area contributed by atoms with Gasteiger partial charge in [0, 0.05) is 43.1 Å². The molecule has 15 aromatic carbocycles. The van der Waals surface area contributed by atoms with Gasteiger partial charge in [0.2, 0.25) is 0 Å². The van der Waals surface area contributed by atoms with Crippen LogP contribution in [0.2, 0.25) is 0 Å². The Morgan fingerprint density at radius 1 is 0.224 bits per heavy atom. The molecule has 0 fully saturated rings. The van der Waals surface area contributed by atoms with Crippen molar-refractivity contribution in [3.05, 3.63) is 301 Å². The second-order valence-corrected chi connectivity index (χ2v) is 29.6. The van der Waals surface area contributed by atoms with E-state index in [4.69, 9.17) is 0 Å². The smallest absolute Gasteiger partial charge is 0.0620 e. The number of benzene rings is 15. The molecule has 0 bridgehead atoms. The second-order valence-electron chi connectivity index (χ2n) is 29.6. The molecule has 4 heterocycles. The van der Waals surface area contributed by atoms with E-state index in [0.717, 1.165) is 6.42 Å². The van der Waals surface area contributed by atoms with Crippen molar-refractivity contribution in [1.29, 1.82) is 0 Å². The summed E-state index contributed by atoms with van der Waals surface area (Å²) in [5.41, 5.74) is 26.9. The molecule has 98 heavy (non-hydrogen) atoms. The number of aromatic nitrogens is 2. The van der Waals surface area contributed by atoms with Gasteiger partial charge in [-0.05, 0) is 260 Å². The van der Waals surface area contributed by atoms with E-state index in [1.807, 2.05) is 0 Å². The third-order valence-corrected chi connectivity index (χ3v) is 22.5. The highest BCUT2D eigenvalue weighted by Gasteiger charge is 2.25. The molecule has 0 aliphatic rings. The van der Waals surface area contributed by atoms with E-state index in [2.05, 4.69) is 337 Å². The fourth-order valence-corrected chi connectivity index (χ4v) is 17.1. The molecule has 0 saturated heterocycles. The summed E-state index contributed by atoms with van der Waals surface area (Å²) in [5.74, 6) is 1.91. The van der Waals surface area contributed by atoms with E-state index < -0.39 is 0 Å². The van der Waals surface area contributed by atoms with Gasteiger partial charge in [0.15, 0.2) is 0 Å². The van der Waals surface area contributed by atoms with Crippen LogP contribution < -0.4 is 0 Å².